The highest BCUT2D eigenvalue weighted by atomic mass is 16.4. The number of likely N-dealkylation sites (tertiary alicyclic amines) is 1. The van der Waals surface area contributed by atoms with Crippen LogP contribution < -0.4 is 5.56 Å². The number of aromatic amines is 1. The number of carboxylic acids is 1. The van der Waals surface area contributed by atoms with Crippen LogP contribution in [0, 0.1) is 13.8 Å². The summed E-state index contributed by atoms with van der Waals surface area (Å²) in [5, 5.41) is 9.08. The van der Waals surface area contributed by atoms with Crippen LogP contribution in [-0.4, -0.2) is 44.4 Å². The van der Waals surface area contributed by atoms with Crippen LogP contribution >= 0.6 is 0 Å². The lowest BCUT2D eigenvalue weighted by Crippen LogP contribution is -2.40. The summed E-state index contributed by atoms with van der Waals surface area (Å²) in [6, 6.07) is -0.729. The van der Waals surface area contributed by atoms with E-state index in [1.807, 2.05) is 0 Å². The Balaban J connectivity index is 2.05. The number of hydrogen-bond donors (Lipinski definition) is 2. The molecule has 0 radical (unpaired) electrons. The molecule has 1 fully saturated rings. The molecule has 21 heavy (non-hydrogen) atoms. The lowest BCUT2D eigenvalue weighted by atomic mass is 10.1. The zero-order chi connectivity index (χ0) is 15.6. The highest BCUT2D eigenvalue weighted by molar-refractivity contribution is 5.84. The van der Waals surface area contributed by atoms with Crippen LogP contribution in [0.4, 0.5) is 0 Å². The highest BCUT2D eigenvalue weighted by Gasteiger charge is 2.33. The Labute approximate surface area is 122 Å². The topological polar surface area (TPSA) is 103 Å². The molecule has 7 heteroatoms. The molecule has 2 N–H and O–H groups in total. The van der Waals surface area contributed by atoms with Crippen LogP contribution in [0.5, 0.6) is 0 Å². The number of nitrogens with zero attached hydrogens (tertiary/aromatic N) is 2. The van der Waals surface area contributed by atoms with Gasteiger partial charge in [-0.3, -0.25) is 9.59 Å². The molecule has 114 valence electrons. The minimum Gasteiger partial charge on any atom is -0.480 e. The number of carboxylic acid groups (broad SMARTS) is 1. The largest absolute Gasteiger partial charge is 0.480 e. The Morgan fingerprint density at radius 2 is 2.14 bits per heavy atom. The summed E-state index contributed by atoms with van der Waals surface area (Å²) >= 11 is 0. The van der Waals surface area contributed by atoms with Crippen molar-refractivity contribution in [2.75, 3.05) is 6.54 Å². The Bertz CT molecular complexity index is 623. The number of carbonyl (C=O) groups excluding carboxylic acids is 1. The van der Waals surface area contributed by atoms with E-state index in [1.54, 1.807) is 13.8 Å². The van der Waals surface area contributed by atoms with Gasteiger partial charge in [0.25, 0.3) is 5.56 Å². The summed E-state index contributed by atoms with van der Waals surface area (Å²) in [6.07, 6.45) is 1.59. The lowest BCUT2D eigenvalue weighted by Gasteiger charge is -2.21. The standard InChI is InChI=1S/C14H19N3O4/c1-8-10(13(19)16-9(2)15-8)5-6-12(18)17-7-3-4-11(17)14(20)21/h11H,3-7H2,1-2H3,(H,20,21)(H,15,16,19)/t11-/m0/s1. The van der Waals surface area contributed by atoms with Crippen molar-refractivity contribution in [2.24, 2.45) is 0 Å². The highest BCUT2D eigenvalue weighted by Crippen LogP contribution is 2.19. The zero-order valence-corrected chi connectivity index (χ0v) is 12.2. The van der Waals surface area contributed by atoms with E-state index in [1.165, 1.54) is 4.90 Å². The maximum atomic E-state index is 12.2. The molecule has 0 spiro atoms. The molecule has 1 saturated heterocycles. The first-order valence-electron chi connectivity index (χ1n) is 6.99. The second-order valence-electron chi connectivity index (χ2n) is 5.30. The van der Waals surface area contributed by atoms with Crippen molar-refractivity contribution in [1.29, 1.82) is 0 Å². The summed E-state index contributed by atoms with van der Waals surface area (Å²) in [5.41, 5.74) is 0.865. The first-order valence-corrected chi connectivity index (χ1v) is 6.99. The summed E-state index contributed by atoms with van der Waals surface area (Å²) in [5.74, 6) is -0.649. The fourth-order valence-corrected chi connectivity index (χ4v) is 2.74. The third-order valence-corrected chi connectivity index (χ3v) is 3.79. The molecule has 0 aromatic carbocycles. The average molecular weight is 293 g/mol. The number of carbonyl (C=O) groups is 2. The third-order valence-electron chi connectivity index (χ3n) is 3.79. The molecule has 1 aromatic heterocycles. The maximum Gasteiger partial charge on any atom is 0.326 e. The number of H-pyrrole nitrogens is 1. The molecule has 0 bridgehead atoms. The van der Waals surface area contributed by atoms with Crippen molar-refractivity contribution >= 4 is 11.9 Å². The Morgan fingerprint density at radius 1 is 1.43 bits per heavy atom. The van der Waals surface area contributed by atoms with E-state index < -0.39 is 12.0 Å². The van der Waals surface area contributed by atoms with Crippen molar-refractivity contribution in [2.45, 2.75) is 45.6 Å². The van der Waals surface area contributed by atoms with Crippen molar-refractivity contribution in [1.82, 2.24) is 14.9 Å². The Kier molecular flexibility index (Phi) is 4.40. The Morgan fingerprint density at radius 3 is 2.76 bits per heavy atom. The van der Waals surface area contributed by atoms with Gasteiger partial charge in [-0.2, -0.15) is 0 Å². The second kappa shape index (κ2) is 6.07. The van der Waals surface area contributed by atoms with Gasteiger partial charge in [-0.05, 0) is 33.1 Å². The predicted octanol–water partition coefficient (Wildman–Crippen LogP) is 0.395. The molecule has 0 aliphatic carbocycles. The molecule has 1 aliphatic rings. The SMILES string of the molecule is Cc1nc(C)c(CCC(=O)N2CCC[C@H]2C(=O)O)c(=O)[nH]1. The van der Waals surface area contributed by atoms with Gasteiger partial charge in [-0.15, -0.1) is 0 Å². The molecule has 7 nitrogen and oxygen atoms in total. The Hall–Kier alpha value is -2.18. The van der Waals surface area contributed by atoms with E-state index in [9.17, 15) is 14.4 Å². The monoisotopic (exact) mass is 293 g/mol. The van der Waals surface area contributed by atoms with Crippen LogP contribution in [-0.2, 0) is 16.0 Å². The van der Waals surface area contributed by atoms with Crippen LogP contribution in [0.1, 0.15) is 36.3 Å². The minimum absolute atomic E-state index is 0.123. The average Bonchev–Trinajstić information content (AvgIpc) is 2.86. The molecule has 1 aliphatic heterocycles. The van der Waals surface area contributed by atoms with Gasteiger partial charge in [0.2, 0.25) is 5.91 Å². The molecule has 1 atom stereocenters. The van der Waals surface area contributed by atoms with E-state index in [0.29, 0.717) is 36.5 Å². The number of aryl methyl sites for hydroxylation is 2. The first kappa shape index (κ1) is 15.2. The summed E-state index contributed by atoms with van der Waals surface area (Å²) < 4.78 is 0. The van der Waals surface area contributed by atoms with E-state index in [2.05, 4.69) is 9.97 Å². The van der Waals surface area contributed by atoms with E-state index in [0.717, 1.165) is 0 Å². The molecule has 0 saturated carbocycles. The number of aliphatic carboxylic acids is 1. The zero-order valence-electron chi connectivity index (χ0n) is 12.2. The normalized spacial score (nSPS) is 18.0. The third kappa shape index (κ3) is 3.29. The number of aromatic nitrogens is 2. The van der Waals surface area contributed by atoms with Crippen molar-refractivity contribution in [3.8, 4) is 0 Å². The molecule has 1 aromatic rings. The van der Waals surface area contributed by atoms with Gasteiger partial charge < -0.3 is 15.0 Å². The van der Waals surface area contributed by atoms with Crippen LogP contribution in [0.25, 0.3) is 0 Å². The van der Waals surface area contributed by atoms with E-state index in [4.69, 9.17) is 5.11 Å². The van der Waals surface area contributed by atoms with Gasteiger partial charge in [-0.25, -0.2) is 9.78 Å². The van der Waals surface area contributed by atoms with Gasteiger partial charge in [0, 0.05) is 24.2 Å². The molecule has 0 unspecified atom stereocenters. The number of rotatable bonds is 4. The van der Waals surface area contributed by atoms with Gasteiger partial charge >= 0.3 is 5.97 Å². The predicted molar refractivity (Wildman–Crippen MR) is 75.0 cm³/mol. The fraction of sp³-hybridized carbons (Fsp3) is 0.571. The number of nitrogens with one attached hydrogen (secondary N) is 1. The van der Waals surface area contributed by atoms with Crippen LogP contribution in [0.15, 0.2) is 4.79 Å². The lowest BCUT2D eigenvalue weighted by molar-refractivity contribution is -0.148. The molecular weight excluding hydrogens is 274 g/mol. The first-order chi connectivity index (χ1) is 9.90. The van der Waals surface area contributed by atoms with Crippen molar-refractivity contribution in [3.05, 3.63) is 27.4 Å². The van der Waals surface area contributed by atoms with Gasteiger partial charge in [-0.1, -0.05) is 0 Å². The smallest absolute Gasteiger partial charge is 0.326 e. The molecule has 2 heterocycles. The maximum absolute atomic E-state index is 12.2. The van der Waals surface area contributed by atoms with Crippen LogP contribution in [0.2, 0.25) is 0 Å². The van der Waals surface area contributed by atoms with Crippen LogP contribution in [0.3, 0.4) is 0 Å². The van der Waals surface area contributed by atoms with Crippen molar-refractivity contribution < 1.29 is 14.7 Å². The number of amides is 1. The van der Waals surface area contributed by atoms with Gasteiger partial charge in [0.1, 0.15) is 11.9 Å². The van der Waals surface area contributed by atoms with Crippen molar-refractivity contribution in [3.63, 3.8) is 0 Å². The summed E-state index contributed by atoms with van der Waals surface area (Å²) in [4.78, 5) is 43.3. The molecular formula is C14H19N3O4. The molecule has 1 amide bonds. The van der Waals surface area contributed by atoms with E-state index in [-0.39, 0.29) is 24.3 Å². The van der Waals surface area contributed by atoms with Gasteiger partial charge in [0.15, 0.2) is 0 Å². The summed E-state index contributed by atoms with van der Waals surface area (Å²) in [7, 11) is 0. The second-order valence-corrected chi connectivity index (χ2v) is 5.30. The van der Waals surface area contributed by atoms with Gasteiger partial charge in [0.05, 0.1) is 0 Å². The van der Waals surface area contributed by atoms with E-state index >= 15 is 0 Å². The number of hydrogen-bond acceptors (Lipinski definition) is 4. The summed E-state index contributed by atoms with van der Waals surface area (Å²) in [6.45, 7) is 3.90. The quantitative estimate of drug-likeness (QED) is 0.836. The minimum atomic E-state index is -0.966. The fourth-order valence-electron chi connectivity index (χ4n) is 2.74. The molecule has 2 rings (SSSR count).